The molecule has 0 amide bonds. The summed E-state index contributed by atoms with van der Waals surface area (Å²) in [6.45, 7) is 17.4. The van der Waals surface area contributed by atoms with Crippen LogP contribution < -0.4 is 0 Å². The van der Waals surface area contributed by atoms with E-state index in [0.29, 0.717) is 11.3 Å². The molecule has 0 saturated heterocycles. The fraction of sp³-hybridized carbons (Fsp3) is 1.00. The lowest BCUT2D eigenvalue weighted by molar-refractivity contribution is -0.0797. The largest absolute Gasteiger partial charge is 0.393 e. The van der Waals surface area contributed by atoms with Gasteiger partial charge in [-0.1, -0.05) is 54.9 Å². The molecule has 4 aliphatic rings. The van der Waals surface area contributed by atoms with Gasteiger partial charge in [-0.2, -0.15) is 0 Å². The van der Waals surface area contributed by atoms with Crippen LogP contribution in [0.2, 0.25) is 0 Å². The molecular formula is C27H52O. The van der Waals surface area contributed by atoms with Crippen molar-refractivity contribution >= 4 is 0 Å². The maximum atomic E-state index is 10.2. The van der Waals surface area contributed by atoms with E-state index in [-0.39, 0.29) is 6.10 Å². The first-order chi connectivity index (χ1) is 13.4. The highest BCUT2D eigenvalue weighted by molar-refractivity contribution is 5.07. The molecule has 1 nitrogen and oxygen atoms in total. The van der Waals surface area contributed by atoms with Crippen LogP contribution in [0.25, 0.3) is 0 Å². The normalized spacial score (nSPS) is 46.4. The summed E-state index contributed by atoms with van der Waals surface area (Å²) in [6, 6.07) is 0. The van der Waals surface area contributed by atoms with Crippen LogP contribution in [0.15, 0.2) is 0 Å². The quantitative estimate of drug-likeness (QED) is 0.505. The summed E-state index contributed by atoms with van der Waals surface area (Å²) >= 11 is 0. The van der Waals surface area contributed by atoms with Gasteiger partial charge in [-0.15, -0.1) is 0 Å². The number of rotatable bonds is 2. The molecule has 10 unspecified atom stereocenters. The van der Waals surface area contributed by atoms with Gasteiger partial charge in [-0.3, -0.25) is 0 Å². The molecule has 0 aromatic heterocycles. The Bertz CT molecular complexity index is 457. The first kappa shape index (κ1) is 24.2. The summed E-state index contributed by atoms with van der Waals surface area (Å²) < 4.78 is 0. The second-order valence-electron chi connectivity index (χ2n) is 10.7. The van der Waals surface area contributed by atoms with Crippen molar-refractivity contribution in [3.8, 4) is 0 Å². The van der Waals surface area contributed by atoms with Gasteiger partial charge in [0.05, 0.1) is 6.10 Å². The number of hydrogen-bond donors (Lipinski definition) is 1. The van der Waals surface area contributed by atoms with Crippen molar-refractivity contribution in [1.29, 1.82) is 0 Å². The zero-order valence-electron chi connectivity index (χ0n) is 20.5. The molecule has 0 spiro atoms. The van der Waals surface area contributed by atoms with Crippen molar-refractivity contribution < 1.29 is 5.11 Å². The van der Waals surface area contributed by atoms with Crippen molar-refractivity contribution in [3.63, 3.8) is 0 Å². The third kappa shape index (κ3) is 4.35. The van der Waals surface area contributed by atoms with Crippen molar-refractivity contribution in [3.05, 3.63) is 0 Å². The van der Waals surface area contributed by atoms with Gasteiger partial charge in [0.2, 0.25) is 0 Å². The average Bonchev–Trinajstić information content (AvgIpc) is 3.07. The molecule has 4 aliphatic carbocycles. The SMILES string of the molecule is CC.CC.CC1CCC2C(CCC3C2CCC2(C)C(C(C)C(C)O)CCC32)C1. The minimum atomic E-state index is -0.140. The van der Waals surface area contributed by atoms with Gasteiger partial charge in [0.1, 0.15) is 0 Å². The van der Waals surface area contributed by atoms with Gasteiger partial charge in [0, 0.05) is 0 Å². The van der Waals surface area contributed by atoms with E-state index in [1.54, 1.807) is 0 Å². The summed E-state index contributed by atoms with van der Waals surface area (Å²) in [6.07, 6.45) is 13.2. The molecule has 4 rings (SSSR count). The van der Waals surface area contributed by atoms with Crippen LogP contribution >= 0.6 is 0 Å². The van der Waals surface area contributed by atoms with Crippen LogP contribution in [-0.4, -0.2) is 11.2 Å². The Balaban J connectivity index is 0.000000660. The van der Waals surface area contributed by atoms with E-state index in [1.165, 1.54) is 57.8 Å². The Hall–Kier alpha value is -0.0400. The number of hydrogen-bond acceptors (Lipinski definition) is 1. The number of aliphatic hydroxyl groups excluding tert-OH is 1. The van der Waals surface area contributed by atoms with Crippen LogP contribution in [0, 0.1) is 52.8 Å². The van der Waals surface area contributed by atoms with Crippen molar-refractivity contribution in [2.24, 2.45) is 52.8 Å². The zero-order valence-corrected chi connectivity index (χ0v) is 20.5. The van der Waals surface area contributed by atoms with E-state index in [0.717, 1.165) is 41.4 Å². The van der Waals surface area contributed by atoms with Gasteiger partial charge in [0.25, 0.3) is 0 Å². The van der Waals surface area contributed by atoms with Gasteiger partial charge in [-0.05, 0) is 111 Å². The maximum absolute atomic E-state index is 10.2. The van der Waals surface area contributed by atoms with Crippen LogP contribution in [0.5, 0.6) is 0 Å². The molecule has 1 heteroatoms. The van der Waals surface area contributed by atoms with Crippen molar-refractivity contribution in [1.82, 2.24) is 0 Å². The molecule has 28 heavy (non-hydrogen) atoms. The van der Waals surface area contributed by atoms with Gasteiger partial charge < -0.3 is 5.11 Å². The monoisotopic (exact) mass is 392 g/mol. The van der Waals surface area contributed by atoms with E-state index in [9.17, 15) is 5.11 Å². The van der Waals surface area contributed by atoms with Crippen molar-refractivity contribution in [2.45, 2.75) is 119 Å². The lowest BCUT2D eigenvalue weighted by Gasteiger charge is -2.57. The first-order valence-corrected chi connectivity index (χ1v) is 13.1. The summed E-state index contributed by atoms with van der Waals surface area (Å²) in [5.74, 6) is 7.38. The number of aliphatic hydroxyl groups is 1. The Morgan fingerprint density at radius 3 is 2.07 bits per heavy atom. The van der Waals surface area contributed by atoms with E-state index < -0.39 is 0 Å². The molecule has 4 fully saturated rings. The molecule has 0 bridgehead atoms. The molecule has 0 aromatic carbocycles. The first-order valence-electron chi connectivity index (χ1n) is 13.1. The fourth-order valence-electron chi connectivity index (χ4n) is 8.33. The smallest absolute Gasteiger partial charge is 0.0540 e. The molecule has 0 aliphatic heterocycles. The van der Waals surface area contributed by atoms with E-state index in [4.69, 9.17) is 0 Å². The molecule has 0 aromatic rings. The topological polar surface area (TPSA) is 20.2 Å². The second kappa shape index (κ2) is 10.3. The van der Waals surface area contributed by atoms with Crippen LogP contribution in [0.3, 0.4) is 0 Å². The van der Waals surface area contributed by atoms with Crippen LogP contribution in [0.1, 0.15) is 113 Å². The lowest BCUT2D eigenvalue weighted by Crippen LogP contribution is -2.49. The second-order valence-corrected chi connectivity index (χ2v) is 10.7. The minimum Gasteiger partial charge on any atom is -0.393 e. The maximum Gasteiger partial charge on any atom is 0.0540 e. The van der Waals surface area contributed by atoms with Gasteiger partial charge in [-0.25, -0.2) is 0 Å². The summed E-state index contributed by atoms with van der Waals surface area (Å²) in [4.78, 5) is 0. The molecule has 0 radical (unpaired) electrons. The summed E-state index contributed by atoms with van der Waals surface area (Å²) in [5.41, 5.74) is 0.520. The Labute approximate surface area is 177 Å². The van der Waals surface area contributed by atoms with E-state index >= 15 is 0 Å². The summed E-state index contributed by atoms with van der Waals surface area (Å²) in [5, 5.41) is 10.2. The molecule has 0 heterocycles. The Morgan fingerprint density at radius 1 is 0.786 bits per heavy atom. The van der Waals surface area contributed by atoms with Gasteiger partial charge in [0.15, 0.2) is 0 Å². The van der Waals surface area contributed by atoms with Crippen LogP contribution in [-0.2, 0) is 0 Å². The standard InChI is InChI=1S/C23H40O.2C2H6/c1-14-5-7-18-17(13-14)6-8-20-19(18)11-12-23(4)21(9-10-22(20)23)15(2)16(3)24;2*1-2/h14-22,24H,5-13H2,1-4H3;2*1-2H3. The molecule has 1 N–H and O–H groups in total. The van der Waals surface area contributed by atoms with Crippen molar-refractivity contribution in [2.75, 3.05) is 0 Å². The van der Waals surface area contributed by atoms with E-state index in [1.807, 2.05) is 34.6 Å². The summed E-state index contributed by atoms with van der Waals surface area (Å²) in [7, 11) is 0. The molecule has 4 saturated carbocycles. The molecule has 10 atom stereocenters. The third-order valence-electron chi connectivity index (χ3n) is 9.69. The predicted octanol–water partition coefficient (Wildman–Crippen LogP) is 7.96. The highest BCUT2D eigenvalue weighted by atomic mass is 16.3. The lowest BCUT2D eigenvalue weighted by atomic mass is 9.48. The Morgan fingerprint density at radius 2 is 1.43 bits per heavy atom. The zero-order chi connectivity index (χ0) is 21.1. The Kier molecular flexibility index (Phi) is 8.93. The third-order valence-corrected chi connectivity index (χ3v) is 9.69. The molecular weight excluding hydrogens is 340 g/mol. The number of fused-ring (bicyclic) bond motifs is 5. The highest BCUT2D eigenvalue weighted by Gasteiger charge is 2.57. The predicted molar refractivity (Wildman–Crippen MR) is 123 cm³/mol. The molecule has 166 valence electrons. The minimum absolute atomic E-state index is 0.140. The fourth-order valence-corrected chi connectivity index (χ4v) is 8.33. The average molecular weight is 393 g/mol. The van der Waals surface area contributed by atoms with E-state index in [2.05, 4.69) is 20.8 Å². The van der Waals surface area contributed by atoms with Gasteiger partial charge >= 0.3 is 0 Å². The highest BCUT2D eigenvalue weighted by Crippen LogP contribution is 2.65. The van der Waals surface area contributed by atoms with Crippen LogP contribution in [0.4, 0.5) is 0 Å².